The summed E-state index contributed by atoms with van der Waals surface area (Å²) in [6, 6.07) is 5.05. The molecule has 2 aliphatic rings. The first-order chi connectivity index (χ1) is 10.2. The van der Waals surface area contributed by atoms with E-state index in [0.717, 1.165) is 18.6 Å². The molecule has 1 aromatic carbocycles. The molecule has 21 heavy (non-hydrogen) atoms. The van der Waals surface area contributed by atoms with Crippen molar-refractivity contribution in [3.63, 3.8) is 0 Å². The van der Waals surface area contributed by atoms with Crippen molar-refractivity contribution in [3.8, 4) is 11.5 Å². The van der Waals surface area contributed by atoms with Crippen molar-refractivity contribution in [2.45, 2.75) is 12.8 Å². The summed E-state index contributed by atoms with van der Waals surface area (Å²) in [5.74, 6) is 2.01. The minimum atomic E-state index is -0.238. The average molecular weight is 286 g/mol. The van der Waals surface area contributed by atoms with Crippen LogP contribution in [0.1, 0.15) is 23.2 Å². The van der Waals surface area contributed by atoms with E-state index in [4.69, 9.17) is 9.47 Å². The Hall–Kier alpha value is -2.30. The molecule has 5 heteroatoms. The third-order valence-electron chi connectivity index (χ3n) is 4.11. The predicted octanol–water partition coefficient (Wildman–Crippen LogP) is 2.39. The van der Waals surface area contributed by atoms with Gasteiger partial charge in [0, 0.05) is 17.2 Å². The maximum absolute atomic E-state index is 12.1. The number of rotatable bonds is 4. The first-order valence-corrected chi connectivity index (χ1v) is 6.98. The maximum atomic E-state index is 12.1. The molecule has 1 amide bonds. The van der Waals surface area contributed by atoms with E-state index in [1.807, 2.05) is 0 Å². The quantitative estimate of drug-likeness (QED) is 0.683. The number of methoxy groups -OCH3 is 2. The summed E-state index contributed by atoms with van der Waals surface area (Å²) in [6.45, 7) is 0. The number of carbonyl (C=O) groups excluding carboxylic acids is 1. The van der Waals surface area contributed by atoms with Crippen molar-refractivity contribution >= 4 is 11.6 Å². The van der Waals surface area contributed by atoms with E-state index in [2.05, 4.69) is 22.7 Å². The van der Waals surface area contributed by atoms with Crippen LogP contribution in [0.3, 0.4) is 0 Å². The van der Waals surface area contributed by atoms with Gasteiger partial charge in [0.2, 0.25) is 0 Å². The van der Waals surface area contributed by atoms with Gasteiger partial charge in [-0.3, -0.25) is 4.79 Å². The second-order valence-corrected chi connectivity index (χ2v) is 5.25. The molecule has 5 nitrogen and oxygen atoms in total. The Morgan fingerprint density at radius 3 is 2.81 bits per heavy atom. The van der Waals surface area contributed by atoms with Crippen LogP contribution in [0.2, 0.25) is 0 Å². The number of ether oxygens (including phenoxy) is 2. The first kappa shape index (κ1) is 13.7. The Kier molecular flexibility index (Phi) is 3.64. The van der Waals surface area contributed by atoms with Crippen molar-refractivity contribution in [2.75, 3.05) is 14.2 Å². The number of nitrogens with zero attached hydrogens (tertiary/aromatic N) is 1. The van der Waals surface area contributed by atoms with Crippen LogP contribution in [0.5, 0.6) is 11.5 Å². The fourth-order valence-corrected chi connectivity index (χ4v) is 2.83. The molecule has 0 spiro atoms. The number of fused-ring (bicyclic) bond motifs is 1. The lowest BCUT2D eigenvalue weighted by molar-refractivity contribution is 0.0953. The van der Waals surface area contributed by atoms with E-state index in [1.165, 1.54) is 0 Å². The molecule has 1 aromatic rings. The molecule has 1 fully saturated rings. The fourth-order valence-electron chi connectivity index (χ4n) is 2.83. The lowest BCUT2D eigenvalue weighted by Crippen LogP contribution is -2.35. The van der Waals surface area contributed by atoms with Gasteiger partial charge in [-0.15, -0.1) is 0 Å². The number of nitrogens with one attached hydrogen (secondary N) is 1. The highest BCUT2D eigenvalue weighted by molar-refractivity contribution is 5.98. The lowest BCUT2D eigenvalue weighted by Gasteiger charge is -2.31. The molecule has 0 radical (unpaired) electrons. The Morgan fingerprint density at radius 2 is 2.10 bits per heavy atom. The van der Waals surface area contributed by atoms with Crippen molar-refractivity contribution < 1.29 is 14.3 Å². The summed E-state index contributed by atoms with van der Waals surface area (Å²) < 4.78 is 10.3. The third-order valence-corrected chi connectivity index (χ3v) is 4.11. The predicted molar refractivity (Wildman–Crippen MR) is 79.8 cm³/mol. The van der Waals surface area contributed by atoms with Crippen LogP contribution in [0.25, 0.3) is 0 Å². The smallest absolute Gasteiger partial charge is 0.271 e. The number of carbonyl (C=O) groups is 1. The van der Waals surface area contributed by atoms with Gasteiger partial charge >= 0.3 is 0 Å². The summed E-state index contributed by atoms with van der Waals surface area (Å²) in [4.78, 5) is 12.1. The van der Waals surface area contributed by atoms with Crippen LogP contribution in [-0.4, -0.2) is 25.8 Å². The van der Waals surface area contributed by atoms with Crippen molar-refractivity contribution in [3.05, 3.63) is 35.9 Å². The molecule has 110 valence electrons. The summed E-state index contributed by atoms with van der Waals surface area (Å²) in [5.41, 5.74) is 4.21. The minimum absolute atomic E-state index is 0.238. The summed E-state index contributed by atoms with van der Waals surface area (Å²) in [7, 11) is 3.10. The van der Waals surface area contributed by atoms with Gasteiger partial charge in [0.25, 0.3) is 5.91 Å². The molecule has 3 rings (SSSR count). The minimum Gasteiger partial charge on any atom is -0.493 e. The standard InChI is InChI=1S/C16H18N2O3/c1-20-14-7-6-11(9-15(14)21-2)16(19)18-17-13-8-10-4-3-5-12(10)13/h3-4,6-7,9-10,12H,5,8H2,1-2H3,(H,18,19)/b17-13+/t10-,12+/m0/s1. The van der Waals surface area contributed by atoms with Crippen LogP contribution >= 0.6 is 0 Å². The summed E-state index contributed by atoms with van der Waals surface area (Å²) in [5, 5.41) is 4.25. The van der Waals surface area contributed by atoms with Crippen LogP contribution in [0.4, 0.5) is 0 Å². The number of hydrogen-bond donors (Lipinski definition) is 1. The largest absolute Gasteiger partial charge is 0.493 e. The highest BCUT2D eigenvalue weighted by Crippen LogP contribution is 2.40. The van der Waals surface area contributed by atoms with E-state index in [1.54, 1.807) is 32.4 Å². The molecule has 0 saturated heterocycles. The van der Waals surface area contributed by atoms with Crippen molar-refractivity contribution in [1.82, 2.24) is 5.43 Å². The van der Waals surface area contributed by atoms with Gasteiger partial charge in [0.1, 0.15) is 0 Å². The van der Waals surface area contributed by atoms with E-state index in [-0.39, 0.29) is 5.91 Å². The molecular weight excluding hydrogens is 268 g/mol. The van der Waals surface area contributed by atoms with Crippen molar-refractivity contribution in [2.24, 2.45) is 16.9 Å². The van der Waals surface area contributed by atoms with Crippen LogP contribution in [-0.2, 0) is 0 Å². The monoisotopic (exact) mass is 286 g/mol. The van der Waals surface area contributed by atoms with Crippen LogP contribution in [0, 0.1) is 11.8 Å². The van der Waals surface area contributed by atoms with Gasteiger partial charge in [-0.25, -0.2) is 5.43 Å². The molecule has 0 bridgehead atoms. The number of amides is 1. The highest BCUT2D eigenvalue weighted by Gasteiger charge is 2.38. The maximum Gasteiger partial charge on any atom is 0.271 e. The Balaban J connectivity index is 1.67. The molecule has 1 saturated carbocycles. The molecule has 2 aliphatic carbocycles. The van der Waals surface area contributed by atoms with E-state index in [0.29, 0.717) is 28.9 Å². The second-order valence-electron chi connectivity index (χ2n) is 5.25. The molecule has 0 heterocycles. The van der Waals surface area contributed by atoms with Gasteiger partial charge in [-0.2, -0.15) is 5.10 Å². The second kappa shape index (κ2) is 5.60. The Morgan fingerprint density at radius 1 is 1.29 bits per heavy atom. The summed E-state index contributed by atoms with van der Waals surface area (Å²) >= 11 is 0. The topological polar surface area (TPSA) is 59.9 Å². The number of benzene rings is 1. The van der Waals surface area contributed by atoms with Crippen LogP contribution < -0.4 is 14.9 Å². The molecule has 0 unspecified atom stereocenters. The molecule has 2 atom stereocenters. The van der Waals surface area contributed by atoms with E-state index >= 15 is 0 Å². The van der Waals surface area contributed by atoms with Gasteiger partial charge in [-0.1, -0.05) is 12.2 Å². The first-order valence-electron chi connectivity index (χ1n) is 6.98. The zero-order valence-electron chi connectivity index (χ0n) is 12.1. The van der Waals surface area contributed by atoms with Gasteiger partial charge in [-0.05, 0) is 37.0 Å². The zero-order valence-corrected chi connectivity index (χ0v) is 12.1. The van der Waals surface area contributed by atoms with Crippen molar-refractivity contribution in [1.29, 1.82) is 0 Å². The number of hydrazone groups is 1. The molecule has 0 aromatic heterocycles. The SMILES string of the molecule is COc1ccc(C(=O)N/N=C2\C[C@@H]3C=CC[C@@H]23)cc1OC. The Labute approximate surface area is 123 Å². The Bertz CT molecular complexity index is 622. The normalized spacial score (nSPS) is 24.4. The molecule has 0 aliphatic heterocycles. The summed E-state index contributed by atoms with van der Waals surface area (Å²) in [6.07, 6.45) is 6.41. The molecule has 1 N–H and O–H groups in total. The lowest BCUT2D eigenvalue weighted by atomic mass is 9.74. The van der Waals surface area contributed by atoms with Crippen LogP contribution in [0.15, 0.2) is 35.5 Å². The number of allylic oxidation sites excluding steroid dienone is 2. The zero-order chi connectivity index (χ0) is 14.8. The van der Waals surface area contributed by atoms with Gasteiger partial charge in [0.05, 0.1) is 14.2 Å². The van der Waals surface area contributed by atoms with Gasteiger partial charge < -0.3 is 9.47 Å². The van der Waals surface area contributed by atoms with E-state index in [9.17, 15) is 4.79 Å². The van der Waals surface area contributed by atoms with Gasteiger partial charge in [0.15, 0.2) is 11.5 Å². The third kappa shape index (κ3) is 2.51. The fraction of sp³-hybridized carbons (Fsp3) is 0.375. The average Bonchev–Trinajstić information content (AvgIpc) is 2.87. The molecular formula is C16H18N2O3. The highest BCUT2D eigenvalue weighted by atomic mass is 16.5. The van der Waals surface area contributed by atoms with E-state index < -0.39 is 0 Å². The number of hydrogen-bond acceptors (Lipinski definition) is 4.